The summed E-state index contributed by atoms with van der Waals surface area (Å²) in [6, 6.07) is 1.76. The molecule has 0 aromatic carbocycles. The highest BCUT2D eigenvalue weighted by Gasteiger charge is 2.33. The van der Waals surface area contributed by atoms with E-state index in [0.29, 0.717) is 42.5 Å². The molecule has 9 heteroatoms. The Bertz CT molecular complexity index is 891. The molecular weight excluding hydrogens is 370 g/mol. The number of nitrogens with zero attached hydrogens (tertiary/aromatic N) is 6. The molecule has 0 spiro atoms. The minimum absolute atomic E-state index is 0.0138. The van der Waals surface area contributed by atoms with Crippen molar-refractivity contribution in [3.8, 4) is 0 Å². The predicted octanol–water partition coefficient (Wildman–Crippen LogP) is 1.53. The lowest BCUT2D eigenvalue weighted by Crippen LogP contribution is -2.33. The van der Waals surface area contributed by atoms with E-state index in [1.165, 1.54) is 0 Å². The van der Waals surface area contributed by atoms with Crippen molar-refractivity contribution in [1.29, 1.82) is 0 Å². The number of rotatable bonds is 6. The van der Waals surface area contributed by atoms with Gasteiger partial charge in [-0.15, -0.1) is 0 Å². The number of hydrogen-bond donors (Lipinski definition) is 1. The molecule has 0 radical (unpaired) electrons. The first-order chi connectivity index (χ1) is 13.8. The van der Waals surface area contributed by atoms with Gasteiger partial charge in [-0.3, -0.25) is 14.3 Å². The molecular formula is C20H29N7O2. The summed E-state index contributed by atoms with van der Waals surface area (Å²) >= 11 is 0. The van der Waals surface area contributed by atoms with Crippen LogP contribution in [0.2, 0.25) is 0 Å². The molecule has 1 aliphatic rings. The molecule has 9 nitrogen and oxygen atoms in total. The molecule has 1 unspecified atom stereocenters. The van der Waals surface area contributed by atoms with Crippen molar-refractivity contribution >= 4 is 17.8 Å². The maximum Gasteiger partial charge on any atom is 0.272 e. The Balaban J connectivity index is 1.87. The molecule has 1 atom stereocenters. The zero-order valence-corrected chi connectivity index (χ0v) is 17.7. The van der Waals surface area contributed by atoms with Crippen LogP contribution in [-0.4, -0.2) is 69.7 Å². The number of likely N-dealkylation sites (tertiary alicyclic amines) is 1. The second kappa shape index (κ2) is 8.59. The predicted molar refractivity (Wildman–Crippen MR) is 110 cm³/mol. The van der Waals surface area contributed by atoms with Gasteiger partial charge in [0.25, 0.3) is 11.8 Å². The van der Waals surface area contributed by atoms with Gasteiger partial charge in [0.1, 0.15) is 5.69 Å². The molecule has 0 saturated carbocycles. The summed E-state index contributed by atoms with van der Waals surface area (Å²) in [7, 11) is 3.73. The summed E-state index contributed by atoms with van der Waals surface area (Å²) in [6.07, 6.45) is 3.98. The number of carbonyl (C=O) groups excluding carboxylic acids is 2. The summed E-state index contributed by atoms with van der Waals surface area (Å²) in [5, 5.41) is 7.11. The molecule has 2 amide bonds. The molecule has 156 valence electrons. The van der Waals surface area contributed by atoms with E-state index in [2.05, 4.69) is 20.4 Å². The lowest BCUT2D eigenvalue weighted by Gasteiger charge is -2.20. The molecule has 1 fully saturated rings. The van der Waals surface area contributed by atoms with Crippen molar-refractivity contribution in [1.82, 2.24) is 30.0 Å². The van der Waals surface area contributed by atoms with Crippen molar-refractivity contribution in [3.63, 3.8) is 0 Å². The van der Waals surface area contributed by atoms with Gasteiger partial charge in [-0.05, 0) is 33.3 Å². The van der Waals surface area contributed by atoms with Crippen LogP contribution in [0.1, 0.15) is 59.7 Å². The monoisotopic (exact) mass is 399 g/mol. The number of aryl methyl sites for hydroxylation is 1. The van der Waals surface area contributed by atoms with Gasteiger partial charge in [0.15, 0.2) is 0 Å². The van der Waals surface area contributed by atoms with E-state index in [-0.39, 0.29) is 23.8 Å². The lowest BCUT2D eigenvalue weighted by molar-refractivity contribution is 0.0778. The smallest absolute Gasteiger partial charge is 0.272 e. The second-order valence-corrected chi connectivity index (χ2v) is 7.76. The molecule has 0 aliphatic carbocycles. The summed E-state index contributed by atoms with van der Waals surface area (Å²) < 4.78 is 1.70. The summed E-state index contributed by atoms with van der Waals surface area (Å²) in [5.41, 5.74) is 1.76. The van der Waals surface area contributed by atoms with Crippen molar-refractivity contribution < 1.29 is 9.59 Å². The van der Waals surface area contributed by atoms with Crippen LogP contribution in [0.15, 0.2) is 18.5 Å². The summed E-state index contributed by atoms with van der Waals surface area (Å²) in [4.78, 5) is 38.3. The van der Waals surface area contributed by atoms with Crippen molar-refractivity contribution in [2.75, 3.05) is 32.1 Å². The zero-order valence-electron chi connectivity index (χ0n) is 17.7. The van der Waals surface area contributed by atoms with Crippen LogP contribution >= 0.6 is 0 Å². The second-order valence-electron chi connectivity index (χ2n) is 7.76. The number of nitrogens with one attached hydrogen (secondary N) is 1. The fourth-order valence-corrected chi connectivity index (χ4v) is 3.52. The number of hydrogen-bond acceptors (Lipinski definition) is 6. The zero-order chi connectivity index (χ0) is 21.1. The standard InChI is InChI=1S/C20H29N7O2/c1-6-27-16(7-9-22-27)19(29)26-10-8-14(12-26)17-15(18(28)23-13(2)3)11-21-20(24-17)25(4)5/h7,9,11,13-14H,6,8,10,12H2,1-5H3,(H,23,28). The van der Waals surface area contributed by atoms with Crippen LogP contribution in [0, 0.1) is 0 Å². The van der Waals surface area contributed by atoms with E-state index in [1.807, 2.05) is 44.7 Å². The van der Waals surface area contributed by atoms with Crippen LogP contribution in [0.5, 0.6) is 0 Å². The van der Waals surface area contributed by atoms with Gasteiger partial charge >= 0.3 is 0 Å². The number of anilines is 1. The molecule has 1 aliphatic heterocycles. The maximum atomic E-state index is 12.9. The first-order valence-electron chi connectivity index (χ1n) is 9.98. The van der Waals surface area contributed by atoms with Gasteiger partial charge in [0.2, 0.25) is 5.95 Å². The third-order valence-electron chi connectivity index (χ3n) is 4.97. The largest absolute Gasteiger partial charge is 0.350 e. The van der Waals surface area contributed by atoms with Crippen molar-refractivity contribution in [3.05, 3.63) is 35.4 Å². The quantitative estimate of drug-likeness (QED) is 0.791. The minimum atomic E-state index is -0.186. The first-order valence-corrected chi connectivity index (χ1v) is 9.98. The molecule has 1 saturated heterocycles. The van der Waals surface area contributed by atoms with E-state index in [0.717, 1.165) is 6.42 Å². The topological polar surface area (TPSA) is 96.2 Å². The fourth-order valence-electron chi connectivity index (χ4n) is 3.52. The Kier molecular flexibility index (Phi) is 6.14. The molecule has 2 aromatic heterocycles. The third kappa shape index (κ3) is 4.38. The Morgan fingerprint density at radius 3 is 2.76 bits per heavy atom. The average molecular weight is 399 g/mol. The first kappa shape index (κ1) is 20.8. The van der Waals surface area contributed by atoms with E-state index < -0.39 is 0 Å². The number of carbonyl (C=O) groups is 2. The molecule has 3 rings (SSSR count). The van der Waals surface area contributed by atoms with Gasteiger partial charge in [0, 0.05) is 58.1 Å². The molecule has 0 bridgehead atoms. The van der Waals surface area contributed by atoms with Gasteiger partial charge in [-0.2, -0.15) is 5.10 Å². The normalized spacial score (nSPS) is 16.3. The Hall–Kier alpha value is -2.97. The molecule has 1 N–H and O–H groups in total. The SMILES string of the molecule is CCn1nccc1C(=O)N1CCC(c2nc(N(C)C)ncc2C(=O)NC(C)C)C1. The van der Waals surface area contributed by atoms with Gasteiger partial charge in [-0.25, -0.2) is 9.97 Å². The highest BCUT2D eigenvalue weighted by Crippen LogP contribution is 2.30. The van der Waals surface area contributed by atoms with Crippen LogP contribution < -0.4 is 10.2 Å². The van der Waals surface area contributed by atoms with E-state index >= 15 is 0 Å². The Labute approximate surface area is 171 Å². The van der Waals surface area contributed by atoms with Crippen LogP contribution in [0.25, 0.3) is 0 Å². The van der Waals surface area contributed by atoms with E-state index in [1.54, 1.807) is 23.1 Å². The highest BCUT2D eigenvalue weighted by atomic mass is 16.2. The maximum absolute atomic E-state index is 12.9. The van der Waals surface area contributed by atoms with Gasteiger partial charge in [0.05, 0.1) is 11.3 Å². The molecule has 29 heavy (non-hydrogen) atoms. The average Bonchev–Trinajstić information content (AvgIpc) is 3.35. The van der Waals surface area contributed by atoms with Gasteiger partial charge < -0.3 is 15.1 Å². The van der Waals surface area contributed by atoms with E-state index in [4.69, 9.17) is 0 Å². The minimum Gasteiger partial charge on any atom is -0.350 e. The Morgan fingerprint density at radius 1 is 1.34 bits per heavy atom. The third-order valence-corrected chi connectivity index (χ3v) is 4.97. The van der Waals surface area contributed by atoms with Crippen LogP contribution in [0.3, 0.4) is 0 Å². The van der Waals surface area contributed by atoms with Crippen molar-refractivity contribution in [2.45, 2.75) is 45.7 Å². The highest BCUT2D eigenvalue weighted by molar-refractivity contribution is 5.96. The van der Waals surface area contributed by atoms with Crippen LogP contribution in [0.4, 0.5) is 5.95 Å². The number of aromatic nitrogens is 4. The van der Waals surface area contributed by atoms with Crippen molar-refractivity contribution in [2.24, 2.45) is 0 Å². The summed E-state index contributed by atoms with van der Waals surface area (Å²) in [5.74, 6) is 0.303. The Morgan fingerprint density at radius 2 is 2.10 bits per heavy atom. The number of amides is 2. The van der Waals surface area contributed by atoms with Gasteiger partial charge in [-0.1, -0.05) is 0 Å². The lowest BCUT2D eigenvalue weighted by atomic mass is 9.99. The van der Waals surface area contributed by atoms with Crippen LogP contribution in [-0.2, 0) is 6.54 Å². The summed E-state index contributed by atoms with van der Waals surface area (Å²) in [6.45, 7) is 7.56. The molecule has 2 aromatic rings. The molecule has 3 heterocycles. The fraction of sp³-hybridized carbons (Fsp3) is 0.550. The van der Waals surface area contributed by atoms with E-state index in [9.17, 15) is 9.59 Å².